The van der Waals surface area contributed by atoms with Crippen LogP contribution in [-0.2, 0) is 25.3 Å². The number of hydrogen-bond acceptors (Lipinski definition) is 0. The fourth-order valence-electron chi connectivity index (χ4n) is 3.90. The van der Waals surface area contributed by atoms with Gasteiger partial charge in [0, 0.05) is 0 Å². The molecule has 2 aromatic rings. The Bertz CT molecular complexity index is 891. The van der Waals surface area contributed by atoms with Crippen molar-refractivity contribution in [3.05, 3.63) is 71.3 Å². The quantitative estimate of drug-likeness (QED) is 0.486. The molecule has 0 aliphatic heterocycles. The van der Waals surface area contributed by atoms with E-state index in [0.717, 1.165) is 12.8 Å². The zero-order chi connectivity index (χ0) is 15.3. The maximum absolute atomic E-state index is 2.57. The van der Waals surface area contributed by atoms with Gasteiger partial charge in [-0.05, 0) is 0 Å². The summed E-state index contributed by atoms with van der Waals surface area (Å²) in [4.78, 5) is 0. The number of benzene rings is 2. The second-order valence-corrected chi connectivity index (χ2v) is 28.0. The van der Waals surface area contributed by atoms with Crippen LogP contribution < -0.4 is 3.27 Å². The third-order valence-corrected chi connectivity index (χ3v) is 11.6. The van der Waals surface area contributed by atoms with Crippen molar-refractivity contribution in [2.75, 3.05) is 0 Å². The summed E-state index contributed by atoms with van der Waals surface area (Å²) >= 11 is -2.19. The van der Waals surface area contributed by atoms with Crippen LogP contribution in [0.5, 0.6) is 0 Å². The number of hydrogen-bond donors (Lipinski definition) is 0. The Labute approximate surface area is 163 Å². The molecule has 0 saturated carbocycles. The van der Waals surface area contributed by atoms with Gasteiger partial charge in [-0.3, -0.25) is 0 Å². The number of allylic oxidation sites excluding steroid dienone is 4. The molecule has 0 N–H and O–H groups in total. The minimum absolute atomic E-state index is 0. The average molecular weight is 454 g/mol. The van der Waals surface area contributed by atoms with Crippen LogP contribution in [0, 0.1) is 0 Å². The van der Waals surface area contributed by atoms with Crippen LogP contribution in [0.15, 0.2) is 54.6 Å². The van der Waals surface area contributed by atoms with Gasteiger partial charge in [0.1, 0.15) is 0 Å². The zero-order valence-corrected chi connectivity index (χ0v) is 19.6. The van der Waals surface area contributed by atoms with Gasteiger partial charge in [0.2, 0.25) is 0 Å². The second kappa shape index (κ2) is 7.46. The molecule has 2 aliphatic carbocycles. The fraction of sp³-hybridized carbons (Fsp3) is 0.200. The van der Waals surface area contributed by atoms with E-state index in [0.29, 0.717) is 0 Å². The monoisotopic (exact) mass is 451 g/mol. The van der Waals surface area contributed by atoms with E-state index in [2.05, 4.69) is 70.8 Å². The van der Waals surface area contributed by atoms with E-state index in [-0.39, 0.29) is 24.8 Å². The van der Waals surface area contributed by atoms with E-state index >= 15 is 0 Å². The minimum atomic E-state index is -2.19. The van der Waals surface area contributed by atoms with Gasteiger partial charge >= 0.3 is 139 Å². The molecule has 125 valence electrons. The van der Waals surface area contributed by atoms with Gasteiger partial charge in [-0.2, -0.15) is 0 Å². The Morgan fingerprint density at radius 1 is 0.917 bits per heavy atom. The van der Waals surface area contributed by atoms with E-state index in [1.807, 2.05) is 0 Å². The molecule has 0 amide bonds. The Morgan fingerprint density at radius 3 is 2.29 bits per heavy atom. The summed E-state index contributed by atoms with van der Waals surface area (Å²) in [7, 11) is 0. The van der Waals surface area contributed by atoms with Crippen LogP contribution >= 0.6 is 24.8 Å². The van der Waals surface area contributed by atoms with E-state index in [9.17, 15) is 0 Å². The Balaban J connectivity index is 0.00000104. The summed E-state index contributed by atoms with van der Waals surface area (Å²) in [6.45, 7) is 2.32. The molecule has 0 nitrogen and oxygen atoms in total. The van der Waals surface area contributed by atoms with Gasteiger partial charge < -0.3 is 0 Å². The molecule has 0 atom stereocenters. The SMILES string of the molecule is Cl.Cl.[CH3][Zr]([CH3])(=[SiH2])[c]1c(C2=CC=CC2)ccc2c1Cc1ccccc1-2. The van der Waals surface area contributed by atoms with Gasteiger partial charge in [-0.15, -0.1) is 24.8 Å². The van der Waals surface area contributed by atoms with Crippen molar-refractivity contribution in [2.24, 2.45) is 0 Å². The first-order valence-corrected chi connectivity index (χ1v) is 20.1. The first-order valence-electron chi connectivity index (χ1n) is 8.02. The molecule has 0 heterocycles. The van der Waals surface area contributed by atoms with Crippen molar-refractivity contribution >= 4 is 40.5 Å². The number of fused-ring (bicyclic) bond motifs is 3. The van der Waals surface area contributed by atoms with Crippen molar-refractivity contribution in [1.29, 1.82) is 0 Å². The Hall–Kier alpha value is -0.400. The first-order chi connectivity index (χ1) is 10.6. The normalized spacial score (nSPS) is 14.3. The van der Waals surface area contributed by atoms with Crippen LogP contribution in [0.3, 0.4) is 0 Å². The number of rotatable bonds is 2. The topological polar surface area (TPSA) is 0 Å². The number of halogens is 2. The van der Waals surface area contributed by atoms with Gasteiger partial charge in [0.25, 0.3) is 0 Å². The van der Waals surface area contributed by atoms with E-state index < -0.39 is 18.9 Å². The molecule has 0 saturated heterocycles. The van der Waals surface area contributed by atoms with E-state index in [1.165, 1.54) is 22.3 Å². The van der Waals surface area contributed by atoms with Crippen LogP contribution in [0.25, 0.3) is 16.7 Å². The Morgan fingerprint density at radius 2 is 1.62 bits per heavy atom. The molecule has 0 spiro atoms. The summed E-state index contributed by atoms with van der Waals surface area (Å²) in [6.07, 6.45) is 9.04. The summed E-state index contributed by atoms with van der Waals surface area (Å²) < 4.78 is 6.90. The standard InChI is InChI=1S/C18H13.2CH3.2ClH.H2Si.Zr/c1-2-6-13(5-1)14-9-10-18-16(11-14)12-15-7-3-4-8-17(15)18;;;;;;/h1-5,7-10H,6,12H2;2*1H3;2*1H;1H2;. The molecular weight excluding hydrogens is 430 g/mol. The van der Waals surface area contributed by atoms with Crippen molar-refractivity contribution in [3.63, 3.8) is 0 Å². The summed E-state index contributed by atoms with van der Waals surface area (Å²) in [5.41, 5.74) is 9.17. The maximum atomic E-state index is 2.57. The molecule has 2 aromatic carbocycles. The van der Waals surface area contributed by atoms with Crippen molar-refractivity contribution < 1.29 is 18.9 Å². The molecule has 0 radical (unpaired) electrons. The van der Waals surface area contributed by atoms with Gasteiger partial charge in [0.05, 0.1) is 0 Å². The molecule has 0 bridgehead atoms. The second-order valence-electron chi connectivity index (χ2n) is 7.06. The first kappa shape index (κ1) is 19.9. The third-order valence-electron chi connectivity index (χ3n) is 4.78. The van der Waals surface area contributed by atoms with Gasteiger partial charge in [-0.1, -0.05) is 0 Å². The predicted octanol–water partition coefficient (Wildman–Crippen LogP) is 4.87. The van der Waals surface area contributed by atoms with Crippen LogP contribution in [0.1, 0.15) is 23.1 Å². The van der Waals surface area contributed by atoms with Crippen LogP contribution in [0.4, 0.5) is 0 Å². The third kappa shape index (κ3) is 3.31. The van der Waals surface area contributed by atoms with Gasteiger partial charge in [0.15, 0.2) is 0 Å². The molecule has 0 fully saturated rings. The van der Waals surface area contributed by atoms with E-state index in [1.54, 1.807) is 14.4 Å². The summed E-state index contributed by atoms with van der Waals surface area (Å²) in [6, 6.07) is 13.7. The molecule has 2 aliphatic rings. The molecule has 4 heteroatoms. The molecule has 0 unspecified atom stereocenters. The van der Waals surface area contributed by atoms with E-state index in [4.69, 9.17) is 0 Å². The Kier molecular flexibility index (Phi) is 6.19. The van der Waals surface area contributed by atoms with Crippen LogP contribution in [-0.4, -0.2) is 6.88 Å². The average Bonchev–Trinajstić information content (AvgIpc) is 3.12. The van der Waals surface area contributed by atoms with Crippen LogP contribution in [0.2, 0.25) is 9.26 Å². The molecule has 0 aromatic heterocycles. The summed E-state index contributed by atoms with van der Waals surface area (Å²) in [5.74, 6) is 0. The molecule has 24 heavy (non-hydrogen) atoms. The van der Waals surface area contributed by atoms with Crippen molar-refractivity contribution in [1.82, 2.24) is 0 Å². The zero-order valence-electron chi connectivity index (χ0n) is 14.1. The fourth-order valence-corrected chi connectivity index (χ4v) is 11.2. The molecular formula is C20H23Cl2SiZr. The molecule has 4 rings (SSSR count). The predicted molar refractivity (Wildman–Crippen MR) is 111 cm³/mol. The van der Waals surface area contributed by atoms with Crippen molar-refractivity contribution in [2.45, 2.75) is 22.1 Å². The van der Waals surface area contributed by atoms with Crippen molar-refractivity contribution in [3.8, 4) is 11.1 Å². The summed E-state index contributed by atoms with van der Waals surface area (Å²) in [5, 5.41) is 0. The van der Waals surface area contributed by atoms with Gasteiger partial charge in [-0.25, -0.2) is 0 Å².